The monoisotopic (exact) mass is 285 g/mol. The Balaban J connectivity index is 1.85. The molecule has 0 bridgehead atoms. The van der Waals surface area contributed by atoms with E-state index in [1.165, 1.54) is 6.07 Å². The predicted molar refractivity (Wildman–Crippen MR) is 77.6 cm³/mol. The molecule has 0 amide bonds. The maximum Gasteiger partial charge on any atom is 0.306 e. The lowest BCUT2D eigenvalue weighted by Gasteiger charge is -2.13. The van der Waals surface area contributed by atoms with Crippen molar-refractivity contribution < 1.29 is 13.5 Å². The number of methoxy groups -OCH3 is 1. The Morgan fingerprint density at radius 2 is 1.81 bits per heavy atom. The van der Waals surface area contributed by atoms with E-state index in [1.807, 2.05) is 0 Å². The van der Waals surface area contributed by atoms with Crippen LogP contribution in [0.1, 0.15) is 11.1 Å². The molecule has 1 aliphatic rings. The molecule has 0 spiro atoms. The lowest BCUT2D eigenvalue weighted by molar-refractivity contribution is 0.000140. The maximum atomic E-state index is 14.2. The number of halogens is 2. The topological polar surface area (TPSA) is 21.3 Å². The molecule has 0 radical (unpaired) electrons. The van der Waals surface area contributed by atoms with Crippen LogP contribution in [0.15, 0.2) is 48.5 Å². The molecule has 1 atom stereocenters. The van der Waals surface area contributed by atoms with Crippen molar-refractivity contribution in [2.45, 2.75) is 12.0 Å². The van der Waals surface area contributed by atoms with Gasteiger partial charge in [0, 0.05) is 16.8 Å². The number of fused-ring (bicyclic) bond motifs is 1. The van der Waals surface area contributed by atoms with E-state index in [2.05, 4.69) is 17.2 Å². The number of nitrogens with one attached hydrogen (secondary N) is 1. The zero-order valence-corrected chi connectivity index (χ0v) is 11.4. The van der Waals surface area contributed by atoms with E-state index in [9.17, 15) is 8.78 Å². The smallest absolute Gasteiger partial charge is 0.306 e. The molecule has 4 heteroatoms. The molecule has 1 N–H and O–H groups in total. The van der Waals surface area contributed by atoms with Gasteiger partial charge in [0.2, 0.25) is 0 Å². The Hall–Kier alpha value is -2.54. The second-order valence-corrected chi connectivity index (χ2v) is 4.74. The van der Waals surface area contributed by atoms with Crippen molar-refractivity contribution in [3.05, 3.63) is 59.7 Å². The SMILES string of the molecule is COc1ccc(C#CC2Nc3ccccc3C2(F)F)cc1. The van der Waals surface area contributed by atoms with Crippen LogP contribution in [0, 0.1) is 11.8 Å². The predicted octanol–water partition coefficient (Wildman–Crippen LogP) is 3.63. The number of benzene rings is 2. The second-order valence-electron chi connectivity index (χ2n) is 4.74. The third kappa shape index (κ3) is 2.43. The molecule has 3 rings (SSSR count). The first-order chi connectivity index (χ1) is 10.1. The van der Waals surface area contributed by atoms with E-state index in [-0.39, 0.29) is 5.56 Å². The van der Waals surface area contributed by atoms with Gasteiger partial charge in [-0.25, -0.2) is 0 Å². The number of para-hydroxylation sites is 1. The van der Waals surface area contributed by atoms with Crippen molar-refractivity contribution in [3.8, 4) is 17.6 Å². The molecule has 2 aromatic carbocycles. The fourth-order valence-corrected chi connectivity index (χ4v) is 2.26. The zero-order valence-electron chi connectivity index (χ0n) is 11.4. The number of hydrogen-bond donors (Lipinski definition) is 1. The Kier molecular flexibility index (Phi) is 3.26. The Bertz CT molecular complexity index is 714. The summed E-state index contributed by atoms with van der Waals surface area (Å²) in [5.74, 6) is 3.12. The highest BCUT2D eigenvalue weighted by Crippen LogP contribution is 2.43. The van der Waals surface area contributed by atoms with Crippen molar-refractivity contribution in [1.82, 2.24) is 0 Å². The molecule has 1 unspecified atom stereocenters. The third-order valence-electron chi connectivity index (χ3n) is 3.40. The molecule has 106 valence electrons. The first-order valence-corrected chi connectivity index (χ1v) is 6.51. The second kappa shape index (κ2) is 5.10. The minimum atomic E-state index is -2.99. The first-order valence-electron chi connectivity index (χ1n) is 6.51. The van der Waals surface area contributed by atoms with Crippen LogP contribution in [0.25, 0.3) is 0 Å². The van der Waals surface area contributed by atoms with Gasteiger partial charge >= 0.3 is 5.92 Å². The van der Waals surface area contributed by atoms with E-state index >= 15 is 0 Å². The highest BCUT2D eigenvalue weighted by Gasteiger charge is 2.47. The molecule has 21 heavy (non-hydrogen) atoms. The quantitative estimate of drug-likeness (QED) is 0.808. The van der Waals surface area contributed by atoms with Crippen LogP contribution < -0.4 is 10.1 Å². The van der Waals surface area contributed by atoms with E-state index in [0.717, 1.165) is 0 Å². The molecule has 2 nitrogen and oxygen atoms in total. The van der Waals surface area contributed by atoms with Gasteiger partial charge in [-0.05, 0) is 30.3 Å². The fraction of sp³-hybridized carbons (Fsp3) is 0.176. The number of anilines is 1. The average Bonchev–Trinajstić information content (AvgIpc) is 2.77. The molecule has 0 fully saturated rings. The minimum absolute atomic E-state index is 0.000897. The molecule has 0 saturated heterocycles. The van der Waals surface area contributed by atoms with Crippen LogP contribution in [0.5, 0.6) is 5.75 Å². The largest absolute Gasteiger partial charge is 0.497 e. The van der Waals surface area contributed by atoms with Crippen LogP contribution in [0.4, 0.5) is 14.5 Å². The van der Waals surface area contributed by atoms with Gasteiger partial charge in [0.25, 0.3) is 0 Å². The molecular formula is C17H13F2NO. The van der Waals surface area contributed by atoms with Gasteiger partial charge in [0.1, 0.15) is 5.75 Å². The maximum absolute atomic E-state index is 14.2. The zero-order chi connectivity index (χ0) is 14.9. The average molecular weight is 285 g/mol. The van der Waals surface area contributed by atoms with Crippen molar-refractivity contribution >= 4 is 5.69 Å². The summed E-state index contributed by atoms with van der Waals surface area (Å²) in [7, 11) is 1.57. The van der Waals surface area contributed by atoms with Crippen molar-refractivity contribution in [2.75, 3.05) is 12.4 Å². The summed E-state index contributed by atoms with van der Waals surface area (Å²) in [5, 5.41) is 2.77. The van der Waals surface area contributed by atoms with E-state index in [1.54, 1.807) is 49.6 Å². The van der Waals surface area contributed by atoms with Crippen LogP contribution in [-0.2, 0) is 5.92 Å². The Labute approximate surface area is 121 Å². The van der Waals surface area contributed by atoms with E-state index in [4.69, 9.17) is 4.74 Å². The highest BCUT2D eigenvalue weighted by atomic mass is 19.3. The summed E-state index contributed by atoms with van der Waals surface area (Å²) < 4.78 is 33.5. The van der Waals surface area contributed by atoms with Crippen LogP contribution in [-0.4, -0.2) is 13.2 Å². The Morgan fingerprint density at radius 3 is 2.48 bits per heavy atom. The van der Waals surface area contributed by atoms with E-state index < -0.39 is 12.0 Å². The van der Waals surface area contributed by atoms with Crippen LogP contribution in [0.3, 0.4) is 0 Å². The Morgan fingerprint density at radius 1 is 1.10 bits per heavy atom. The summed E-state index contributed by atoms with van der Waals surface area (Å²) >= 11 is 0. The molecular weight excluding hydrogens is 272 g/mol. The number of hydrogen-bond acceptors (Lipinski definition) is 2. The summed E-state index contributed by atoms with van der Waals surface area (Å²) in [6.45, 7) is 0. The third-order valence-corrected chi connectivity index (χ3v) is 3.40. The summed E-state index contributed by atoms with van der Waals surface area (Å²) in [4.78, 5) is 0. The van der Waals surface area contributed by atoms with Gasteiger partial charge in [-0.15, -0.1) is 0 Å². The van der Waals surface area contributed by atoms with Crippen molar-refractivity contribution in [2.24, 2.45) is 0 Å². The number of ether oxygens (including phenoxy) is 1. The summed E-state index contributed by atoms with van der Waals surface area (Å²) in [6, 6.07) is 12.2. The van der Waals surface area contributed by atoms with Gasteiger partial charge in [-0.1, -0.05) is 30.0 Å². The molecule has 1 aliphatic heterocycles. The molecule has 0 aliphatic carbocycles. The van der Waals surface area contributed by atoms with Gasteiger partial charge in [0.15, 0.2) is 6.04 Å². The molecule has 1 heterocycles. The molecule has 0 saturated carbocycles. The van der Waals surface area contributed by atoms with Gasteiger partial charge in [0.05, 0.1) is 7.11 Å². The van der Waals surface area contributed by atoms with E-state index in [0.29, 0.717) is 17.0 Å². The first kappa shape index (κ1) is 13.4. The van der Waals surface area contributed by atoms with Gasteiger partial charge < -0.3 is 10.1 Å². The lowest BCUT2D eigenvalue weighted by Crippen LogP contribution is -2.29. The van der Waals surface area contributed by atoms with Crippen LogP contribution >= 0.6 is 0 Å². The molecule has 2 aromatic rings. The minimum Gasteiger partial charge on any atom is -0.497 e. The lowest BCUT2D eigenvalue weighted by atomic mass is 10.1. The normalized spacial score (nSPS) is 18.1. The van der Waals surface area contributed by atoms with Gasteiger partial charge in [-0.2, -0.15) is 8.78 Å². The van der Waals surface area contributed by atoms with Crippen molar-refractivity contribution in [3.63, 3.8) is 0 Å². The fourth-order valence-electron chi connectivity index (χ4n) is 2.26. The number of alkyl halides is 2. The summed E-state index contributed by atoms with van der Waals surface area (Å²) in [5.41, 5.74) is 1.11. The van der Waals surface area contributed by atoms with Crippen molar-refractivity contribution in [1.29, 1.82) is 0 Å². The standard InChI is InChI=1S/C17H13F2NO/c1-21-13-9-6-12(7-10-13)8-11-16-17(18,19)14-4-2-3-5-15(14)20-16/h2-7,9-10,16,20H,1H3. The van der Waals surface area contributed by atoms with Crippen LogP contribution in [0.2, 0.25) is 0 Å². The number of rotatable bonds is 1. The summed E-state index contributed by atoms with van der Waals surface area (Å²) in [6.07, 6.45) is 0. The van der Waals surface area contributed by atoms with Gasteiger partial charge in [-0.3, -0.25) is 0 Å². The highest BCUT2D eigenvalue weighted by molar-refractivity contribution is 5.62. The molecule has 0 aromatic heterocycles.